The van der Waals surface area contributed by atoms with Gasteiger partial charge in [0.1, 0.15) is 11.3 Å². The normalized spacial score (nSPS) is 14.4. The van der Waals surface area contributed by atoms with Gasteiger partial charge in [-0.3, -0.25) is 10.1 Å². The lowest BCUT2D eigenvalue weighted by molar-refractivity contribution is -0.123. The number of imide groups is 1. The van der Waals surface area contributed by atoms with Crippen LogP contribution in [0.1, 0.15) is 49.4 Å². The Morgan fingerprint density at radius 3 is 2.56 bits per heavy atom. The van der Waals surface area contributed by atoms with E-state index in [0.29, 0.717) is 12.4 Å². The van der Waals surface area contributed by atoms with E-state index in [2.05, 4.69) is 10.6 Å². The fourth-order valence-corrected chi connectivity index (χ4v) is 2.76. The number of benzene rings is 1. The van der Waals surface area contributed by atoms with Crippen molar-refractivity contribution in [2.45, 2.75) is 45.1 Å². The molecule has 3 amide bonds. The molecule has 7 heteroatoms. The summed E-state index contributed by atoms with van der Waals surface area (Å²) in [5.41, 5.74) is 0.240. The first kappa shape index (κ1) is 18.8. The standard InChI is InChI=1S/C18H24N2O5/c1-2-24-15-11-7-6-10-14(15)17(22)25-12-16(21)20-18(23)19-13-8-4-3-5-9-13/h6-7,10-11,13H,2-5,8-9,12H2,1H3,(H2,19,20,21,23). The molecule has 0 atom stereocenters. The number of esters is 1. The summed E-state index contributed by atoms with van der Waals surface area (Å²) < 4.78 is 10.3. The van der Waals surface area contributed by atoms with Crippen LogP contribution in [-0.4, -0.2) is 37.2 Å². The molecule has 0 aliphatic heterocycles. The lowest BCUT2D eigenvalue weighted by atomic mass is 9.96. The summed E-state index contributed by atoms with van der Waals surface area (Å²) in [5.74, 6) is -0.951. The van der Waals surface area contributed by atoms with Crippen molar-refractivity contribution in [1.82, 2.24) is 10.6 Å². The smallest absolute Gasteiger partial charge is 0.342 e. The first-order valence-corrected chi connectivity index (χ1v) is 8.59. The fraction of sp³-hybridized carbons (Fsp3) is 0.500. The molecule has 0 aromatic heterocycles. The van der Waals surface area contributed by atoms with Gasteiger partial charge in [-0.25, -0.2) is 9.59 Å². The van der Waals surface area contributed by atoms with Gasteiger partial charge in [-0.05, 0) is 31.9 Å². The third-order valence-corrected chi connectivity index (χ3v) is 3.93. The molecule has 136 valence electrons. The van der Waals surface area contributed by atoms with Crippen LogP contribution in [0.2, 0.25) is 0 Å². The minimum Gasteiger partial charge on any atom is -0.493 e. The molecule has 0 unspecified atom stereocenters. The summed E-state index contributed by atoms with van der Waals surface area (Å²) >= 11 is 0. The van der Waals surface area contributed by atoms with Crippen LogP contribution < -0.4 is 15.4 Å². The van der Waals surface area contributed by atoms with Crippen LogP contribution in [0, 0.1) is 0 Å². The van der Waals surface area contributed by atoms with Crippen LogP contribution in [0.3, 0.4) is 0 Å². The zero-order valence-corrected chi connectivity index (χ0v) is 14.4. The first-order valence-electron chi connectivity index (χ1n) is 8.59. The fourth-order valence-electron chi connectivity index (χ4n) is 2.76. The highest BCUT2D eigenvalue weighted by Crippen LogP contribution is 2.19. The molecular formula is C18H24N2O5. The number of nitrogens with one attached hydrogen (secondary N) is 2. The van der Waals surface area contributed by atoms with E-state index in [9.17, 15) is 14.4 Å². The van der Waals surface area contributed by atoms with Gasteiger partial charge in [-0.1, -0.05) is 31.4 Å². The summed E-state index contributed by atoms with van der Waals surface area (Å²) in [6.45, 7) is 1.68. The monoisotopic (exact) mass is 348 g/mol. The third-order valence-electron chi connectivity index (χ3n) is 3.93. The maximum atomic E-state index is 12.1. The van der Waals surface area contributed by atoms with Crippen LogP contribution in [-0.2, 0) is 9.53 Å². The molecule has 1 aromatic rings. The van der Waals surface area contributed by atoms with E-state index >= 15 is 0 Å². The van der Waals surface area contributed by atoms with Crippen molar-refractivity contribution in [3.63, 3.8) is 0 Å². The lowest BCUT2D eigenvalue weighted by Crippen LogP contribution is -2.46. The topological polar surface area (TPSA) is 93.7 Å². The number of urea groups is 1. The van der Waals surface area contributed by atoms with Crippen molar-refractivity contribution in [3.05, 3.63) is 29.8 Å². The van der Waals surface area contributed by atoms with Crippen molar-refractivity contribution >= 4 is 17.9 Å². The van der Waals surface area contributed by atoms with Crippen LogP contribution in [0.15, 0.2) is 24.3 Å². The van der Waals surface area contributed by atoms with Crippen LogP contribution in [0.25, 0.3) is 0 Å². The van der Waals surface area contributed by atoms with Gasteiger partial charge < -0.3 is 14.8 Å². The average molecular weight is 348 g/mol. The summed E-state index contributed by atoms with van der Waals surface area (Å²) in [5, 5.41) is 4.94. The maximum Gasteiger partial charge on any atom is 0.342 e. The van der Waals surface area contributed by atoms with Crippen molar-refractivity contribution in [2.24, 2.45) is 0 Å². The molecule has 0 saturated heterocycles. The molecular weight excluding hydrogens is 324 g/mol. The molecule has 1 saturated carbocycles. The van der Waals surface area contributed by atoms with Gasteiger partial charge in [0.2, 0.25) is 0 Å². The molecule has 0 heterocycles. The number of carbonyl (C=O) groups excluding carboxylic acids is 3. The van der Waals surface area contributed by atoms with Crippen LogP contribution in [0.4, 0.5) is 4.79 Å². The van der Waals surface area contributed by atoms with E-state index in [1.165, 1.54) is 6.42 Å². The van der Waals surface area contributed by atoms with Crippen molar-refractivity contribution in [2.75, 3.05) is 13.2 Å². The quantitative estimate of drug-likeness (QED) is 0.770. The second-order valence-corrected chi connectivity index (χ2v) is 5.86. The molecule has 25 heavy (non-hydrogen) atoms. The number of carbonyl (C=O) groups is 3. The second-order valence-electron chi connectivity index (χ2n) is 5.86. The van der Waals surface area contributed by atoms with Crippen molar-refractivity contribution in [3.8, 4) is 5.75 Å². The SMILES string of the molecule is CCOc1ccccc1C(=O)OCC(=O)NC(=O)NC1CCCCC1. The Morgan fingerprint density at radius 1 is 1.12 bits per heavy atom. The number of para-hydroxylation sites is 1. The van der Waals surface area contributed by atoms with Gasteiger partial charge in [-0.15, -0.1) is 0 Å². The van der Waals surface area contributed by atoms with E-state index < -0.39 is 24.5 Å². The van der Waals surface area contributed by atoms with E-state index in [1.54, 1.807) is 31.2 Å². The lowest BCUT2D eigenvalue weighted by Gasteiger charge is -2.22. The molecule has 7 nitrogen and oxygen atoms in total. The maximum absolute atomic E-state index is 12.1. The minimum absolute atomic E-state index is 0.0992. The summed E-state index contributed by atoms with van der Waals surface area (Å²) in [7, 11) is 0. The number of hydrogen-bond acceptors (Lipinski definition) is 5. The highest BCUT2D eigenvalue weighted by molar-refractivity contribution is 5.97. The molecule has 0 spiro atoms. The molecule has 2 rings (SSSR count). The Bertz CT molecular complexity index is 611. The summed E-state index contributed by atoms with van der Waals surface area (Å²) in [4.78, 5) is 35.6. The minimum atomic E-state index is -0.674. The molecule has 1 aliphatic rings. The first-order chi connectivity index (χ1) is 12.1. The van der Waals surface area contributed by atoms with Crippen molar-refractivity contribution < 1.29 is 23.9 Å². The Morgan fingerprint density at radius 2 is 1.84 bits per heavy atom. The predicted octanol–water partition coefficient (Wildman–Crippen LogP) is 2.40. The Kier molecular flexibility index (Phi) is 7.25. The largest absolute Gasteiger partial charge is 0.493 e. The van der Waals surface area contributed by atoms with Crippen molar-refractivity contribution in [1.29, 1.82) is 0 Å². The molecule has 2 N–H and O–H groups in total. The van der Waals surface area contributed by atoms with Crippen LogP contribution in [0.5, 0.6) is 5.75 Å². The Hall–Kier alpha value is -2.57. The van der Waals surface area contributed by atoms with Gasteiger partial charge in [0, 0.05) is 6.04 Å². The number of hydrogen-bond donors (Lipinski definition) is 2. The second kappa shape index (κ2) is 9.66. The van der Waals surface area contributed by atoms with Gasteiger partial charge in [0.25, 0.3) is 5.91 Å². The van der Waals surface area contributed by atoms with Gasteiger partial charge >= 0.3 is 12.0 Å². The summed E-state index contributed by atoms with van der Waals surface area (Å²) in [6.07, 6.45) is 5.18. The van der Waals surface area contributed by atoms with E-state index in [4.69, 9.17) is 9.47 Å². The predicted molar refractivity (Wildman–Crippen MR) is 91.4 cm³/mol. The zero-order chi connectivity index (χ0) is 18.1. The number of amides is 3. The molecule has 1 aromatic carbocycles. The molecule has 1 fully saturated rings. The summed E-state index contributed by atoms with van der Waals surface area (Å²) in [6, 6.07) is 6.17. The van der Waals surface area contributed by atoms with E-state index in [0.717, 1.165) is 25.7 Å². The highest BCUT2D eigenvalue weighted by Gasteiger charge is 2.18. The van der Waals surface area contributed by atoms with Gasteiger partial charge in [0.05, 0.1) is 6.61 Å². The molecule has 0 bridgehead atoms. The Balaban J connectivity index is 1.77. The van der Waals surface area contributed by atoms with Gasteiger partial charge in [-0.2, -0.15) is 0 Å². The van der Waals surface area contributed by atoms with Crippen LogP contribution >= 0.6 is 0 Å². The van der Waals surface area contributed by atoms with E-state index in [-0.39, 0.29) is 11.6 Å². The third kappa shape index (κ3) is 6.10. The average Bonchev–Trinajstić information content (AvgIpc) is 2.61. The molecule has 1 aliphatic carbocycles. The van der Waals surface area contributed by atoms with E-state index in [1.807, 2.05) is 0 Å². The number of ether oxygens (including phenoxy) is 2. The molecule has 0 radical (unpaired) electrons. The zero-order valence-electron chi connectivity index (χ0n) is 14.4. The van der Waals surface area contributed by atoms with Gasteiger partial charge in [0.15, 0.2) is 6.61 Å². The Labute approximate surface area is 147 Å². The highest BCUT2D eigenvalue weighted by atomic mass is 16.5. The number of rotatable bonds is 6.